The first-order chi connectivity index (χ1) is 5.25. The smallest absolute Gasteiger partial charge is 0.223 e. The number of rotatable bonds is 0. The lowest BCUT2D eigenvalue weighted by Crippen LogP contribution is -1.79. The first-order valence-electron chi connectivity index (χ1n) is 2.70. The van der Waals surface area contributed by atoms with Crippen LogP contribution < -0.4 is 0 Å². The third-order valence-corrected chi connectivity index (χ3v) is 2.69. The van der Waals surface area contributed by atoms with E-state index in [0.717, 1.165) is 14.3 Å². The van der Waals surface area contributed by atoms with Crippen LogP contribution in [-0.2, 0) is 0 Å². The Hall–Kier alpha value is -0.260. The third-order valence-electron chi connectivity index (χ3n) is 1.10. The molecule has 2 rings (SSSR count). The minimum Gasteiger partial charge on any atom is -0.226 e. The molecule has 0 amide bonds. The first-order valence-corrected chi connectivity index (χ1v) is 4.69. The monoisotopic (exact) mass is 249 g/mol. The van der Waals surface area contributed by atoms with Gasteiger partial charge in [-0.3, -0.25) is 0 Å². The van der Waals surface area contributed by atoms with Gasteiger partial charge in [0.05, 0.1) is 6.20 Å². The van der Waals surface area contributed by atoms with Crippen LogP contribution in [0.5, 0.6) is 0 Å². The van der Waals surface area contributed by atoms with Crippen LogP contribution in [0, 0.1) is 0 Å². The molecule has 6 heteroatoms. The number of thiazole rings is 1. The van der Waals surface area contributed by atoms with E-state index in [0.29, 0.717) is 0 Å². The molecule has 0 fully saturated rings. The van der Waals surface area contributed by atoms with E-state index in [2.05, 4.69) is 30.9 Å². The lowest BCUT2D eigenvalue weighted by atomic mass is 10.6. The Morgan fingerprint density at radius 3 is 3.09 bits per heavy atom. The molecule has 0 saturated heterocycles. The van der Waals surface area contributed by atoms with Crippen LogP contribution in [0.15, 0.2) is 10.1 Å². The molecule has 0 aromatic carbocycles. The van der Waals surface area contributed by atoms with Crippen LogP contribution in [0.3, 0.4) is 0 Å². The quantitative estimate of drug-likeness (QED) is 0.674. The molecule has 3 nitrogen and oxygen atoms in total. The highest BCUT2D eigenvalue weighted by atomic mass is 79.9. The number of halogens is 2. The second-order valence-corrected chi connectivity index (χ2v) is 4.39. The predicted octanol–water partition coefficient (Wildman–Crippen LogP) is 2.50. The largest absolute Gasteiger partial charge is 0.226 e. The highest BCUT2D eigenvalue weighted by Crippen LogP contribution is 2.24. The minimum absolute atomic E-state index is 0.258. The maximum Gasteiger partial charge on any atom is 0.223 e. The molecule has 0 saturated carbocycles. The summed E-state index contributed by atoms with van der Waals surface area (Å²) in [5.41, 5.74) is 0.770. The maximum absolute atomic E-state index is 5.57. The van der Waals surface area contributed by atoms with Gasteiger partial charge in [-0.1, -0.05) is 11.3 Å². The highest BCUT2D eigenvalue weighted by Gasteiger charge is 2.02. The van der Waals surface area contributed by atoms with E-state index in [9.17, 15) is 0 Å². The minimum atomic E-state index is 0.258. The van der Waals surface area contributed by atoms with E-state index in [1.54, 1.807) is 6.20 Å². The maximum atomic E-state index is 5.57. The van der Waals surface area contributed by atoms with Gasteiger partial charge in [0.2, 0.25) is 5.28 Å². The fourth-order valence-corrected chi connectivity index (χ4v) is 2.16. The van der Waals surface area contributed by atoms with Gasteiger partial charge in [0.15, 0.2) is 3.92 Å². The summed E-state index contributed by atoms with van der Waals surface area (Å²) in [4.78, 5) is 12.7. The molecule has 0 N–H and O–H groups in total. The van der Waals surface area contributed by atoms with Crippen molar-refractivity contribution < 1.29 is 0 Å². The van der Waals surface area contributed by atoms with Gasteiger partial charge in [0, 0.05) is 0 Å². The Morgan fingerprint density at radius 2 is 2.27 bits per heavy atom. The molecule has 0 aliphatic heterocycles. The van der Waals surface area contributed by atoms with Crippen molar-refractivity contribution in [1.29, 1.82) is 0 Å². The van der Waals surface area contributed by atoms with Crippen LogP contribution >= 0.6 is 38.9 Å². The SMILES string of the molecule is Clc1ncc2nc(Br)sc2n1. The topological polar surface area (TPSA) is 38.7 Å². The molecule has 2 aromatic rings. The second kappa shape index (κ2) is 2.66. The molecular weight excluding hydrogens is 250 g/mol. The van der Waals surface area contributed by atoms with E-state index in [-0.39, 0.29) is 5.28 Å². The van der Waals surface area contributed by atoms with Crippen molar-refractivity contribution in [1.82, 2.24) is 15.0 Å². The van der Waals surface area contributed by atoms with Crippen LogP contribution in [0.4, 0.5) is 0 Å². The lowest BCUT2D eigenvalue weighted by Gasteiger charge is -1.84. The molecule has 0 atom stereocenters. The summed E-state index contributed by atoms with van der Waals surface area (Å²) in [5.74, 6) is 0. The van der Waals surface area contributed by atoms with Crippen LogP contribution in [-0.4, -0.2) is 15.0 Å². The van der Waals surface area contributed by atoms with E-state index in [1.165, 1.54) is 11.3 Å². The molecule has 0 aliphatic rings. The van der Waals surface area contributed by atoms with Gasteiger partial charge < -0.3 is 0 Å². The normalized spacial score (nSPS) is 10.7. The molecular formula is C5HBrClN3S. The lowest BCUT2D eigenvalue weighted by molar-refractivity contribution is 1.22. The Morgan fingerprint density at radius 1 is 1.45 bits per heavy atom. The zero-order valence-electron chi connectivity index (χ0n) is 5.08. The Labute approximate surface area is 79.6 Å². The summed E-state index contributed by atoms with van der Waals surface area (Å²) in [6.45, 7) is 0. The average Bonchev–Trinajstić information content (AvgIpc) is 2.27. The number of hydrogen-bond acceptors (Lipinski definition) is 4. The van der Waals surface area contributed by atoms with Crippen molar-refractivity contribution >= 4 is 49.2 Å². The van der Waals surface area contributed by atoms with Gasteiger partial charge >= 0.3 is 0 Å². The first kappa shape index (κ1) is 7.39. The summed E-state index contributed by atoms with van der Waals surface area (Å²) in [5, 5.41) is 0.258. The fraction of sp³-hybridized carbons (Fsp3) is 0. The summed E-state index contributed by atoms with van der Waals surface area (Å²) in [6.07, 6.45) is 1.60. The zero-order chi connectivity index (χ0) is 7.84. The highest BCUT2D eigenvalue weighted by molar-refractivity contribution is 9.11. The van der Waals surface area contributed by atoms with Gasteiger partial charge in [-0.25, -0.2) is 15.0 Å². The van der Waals surface area contributed by atoms with Gasteiger partial charge in [-0.15, -0.1) is 0 Å². The summed E-state index contributed by atoms with van der Waals surface area (Å²) in [7, 11) is 0. The number of aromatic nitrogens is 3. The van der Waals surface area contributed by atoms with Crippen molar-refractivity contribution in [3.8, 4) is 0 Å². The van der Waals surface area contributed by atoms with Crippen molar-refractivity contribution in [3.63, 3.8) is 0 Å². The van der Waals surface area contributed by atoms with E-state index >= 15 is 0 Å². The summed E-state index contributed by atoms with van der Waals surface area (Å²) >= 11 is 10.3. The standard InChI is InChI=1S/C5HBrClN3S/c6-4-9-2-1-8-5(7)10-3(2)11-4/h1H. The van der Waals surface area contributed by atoms with Crippen LogP contribution in [0.1, 0.15) is 0 Å². The molecule has 11 heavy (non-hydrogen) atoms. The van der Waals surface area contributed by atoms with Gasteiger partial charge in [0.1, 0.15) is 10.3 Å². The Bertz CT molecular complexity index is 402. The van der Waals surface area contributed by atoms with Crippen molar-refractivity contribution in [2.75, 3.05) is 0 Å². The molecule has 0 bridgehead atoms. The Balaban J connectivity index is 2.82. The molecule has 0 unspecified atom stereocenters. The van der Waals surface area contributed by atoms with Gasteiger partial charge in [-0.05, 0) is 27.5 Å². The summed E-state index contributed by atoms with van der Waals surface area (Å²) in [6, 6.07) is 0. The van der Waals surface area contributed by atoms with E-state index < -0.39 is 0 Å². The van der Waals surface area contributed by atoms with E-state index in [1.807, 2.05) is 0 Å². The Kier molecular flexibility index (Phi) is 1.78. The molecule has 2 heterocycles. The van der Waals surface area contributed by atoms with Crippen molar-refractivity contribution in [2.45, 2.75) is 0 Å². The zero-order valence-corrected chi connectivity index (χ0v) is 8.24. The average molecular weight is 251 g/mol. The number of hydrogen-bond donors (Lipinski definition) is 0. The number of fused-ring (bicyclic) bond motifs is 1. The van der Waals surface area contributed by atoms with Crippen molar-refractivity contribution in [3.05, 3.63) is 15.4 Å². The molecule has 0 aliphatic carbocycles. The summed E-state index contributed by atoms with van der Waals surface area (Å²) < 4.78 is 0.795. The fourth-order valence-electron chi connectivity index (χ4n) is 0.689. The van der Waals surface area contributed by atoms with E-state index in [4.69, 9.17) is 11.6 Å². The number of nitrogens with zero attached hydrogens (tertiary/aromatic N) is 3. The van der Waals surface area contributed by atoms with Gasteiger partial charge in [-0.2, -0.15) is 0 Å². The van der Waals surface area contributed by atoms with Crippen LogP contribution in [0.2, 0.25) is 5.28 Å². The van der Waals surface area contributed by atoms with Crippen molar-refractivity contribution in [2.24, 2.45) is 0 Å². The molecule has 2 aromatic heterocycles. The van der Waals surface area contributed by atoms with Crippen LogP contribution in [0.25, 0.3) is 10.3 Å². The molecule has 0 spiro atoms. The predicted molar refractivity (Wildman–Crippen MR) is 47.9 cm³/mol. The van der Waals surface area contributed by atoms with Gasteiger partial charge in [0.25, 0.3) is 0 Å². The molecule has 56 valence electrons. The third kappa shape index (κ3) is 1.36. The second-order valence-electron chi connectivity index (χ2n) is 1.80. The molecule has 0 radical (unpaired) electrons.